The molecule has 5 rings (SSSR count). The average Bonchev–Trinajstić information content (AvgIpc) is 3.31. The van der Waals surface area contributed by atoms with Crippen molar-refractivity contribution in [1.29, 1.82) is 5.41 Å². The standard InChI is InChI=1S/C26H33F2N7O2/c1-31-26(36)33-8-4-22-21(15-33)25(32-35(22)18-5-9-37-10-6-18)34-7-2-3-16-11-19(17(13-29)14-30)20(24(27)28)12-23(16)34/h11-14,18,24,29H,2-10,15,30H2,1H3,(H,31,36)/b17-14+,29-13?. The molecule has 3 aliphatic heterocycles. The second-order valence-electron chi connectivity index (χ2n) is 9.65. The highest BCUT2D eigenvalue weighted by Gasteiger charge is 2.34. The molecule has 1 aromatic carbocycles. The summed E-state index contributed by atoms with van der Waals surface area (Å²) in [7, 11) is 1.62. The maximum atomic E-state index is 14.2. The molecule has 1 aromatic heterocycles. The van der Waals surface area contributed by atoms with Gasteiger partial charge in [-0.25, -0.2) is 13.6 Å². The summed E-state index contributed by atoms with van der Waals surface area (Å²) in [5.41, 5.74) is 9.73. The van der Waals surface area contributed by atoms with E-state index in [9.17, 15) is 13.6 Å². The number of hydrogen-bond donors (Lipinski definition) is 3. The minimum absolute atomic E-state index is 0.146. The van der Waals surface area contributed by atoms with Gasteiger partial charge in [-0.2, -0.15) is 5.10 Å². The minimum Gasteiger partial charge on any atom is -0.404 e. The number of urea groups is 1. The number of aromatic nitrogens is 2. The number of rotatable bonds is 5. The van der Waals surface area contributed by atoms with Crippen LogP contribution in [-0.2, 0) is 24.1 Å². The van der Waals surface area contributed by atoms with Crippen LogP contribution in [0.25, 0.3) is 5.57 Å². The number of nitrogens with one attached hydrogen (secondary N) is 2. The molecule has 9 nitrogen and oxygen atoms in total. The molecule has 2 amide bonds. The predicted octanol–water partition coefficient (Wildman–Crippen LogP) is 3.90. The number of anilines is 2. The minimum atomic E-state index is -2.73. The van der Waals surface area contributed by atoms with E-state index in [4.69, 9.17) is 21.0 Å². The Morgan fingerprint density at radius 1 is 1.27 bits per heavy atom. The van der Waals surface area contributed by atoms with Gasteiger partial charge in [-0.3, -0.25) is 4.68 Å². The number of aryl methyl sites for hydroxylation is 1. The van der Waals surface area contributed by atoms with E-state index in [-0.39, 0.29) is 28.8 Å². The third-order valence-corrected chi connectivity index (χ3v) is 7.61. The van der Waals surface area contributed by atoms with Crippen LogP contribution in [0.5, 0.6) is 0 Å². The van der Waals surface area contributed by atoms with Gasteiger partial charge >= 0.3 is 6.03 Å². The summed E-state index contributed by atoms with van der Waals surface area (Å²) in [6, 6.07) is 3.33. The van der Waals surface area contributed by atoms with Crippen molar-refractivity contribution in [3.63, 3.8) is 0 Å². The van der Waals surface area contributed by atoms with Gasteiger partial charge in [0.05, 0.1) is 12.6 Å². The summed E-state index contributed by atoms with van der Waals surface area (Å²) in [4.78, 5) is 16.3. The van der Waals surface area contributed by atoms with E-state index < -0.39 is 6.43 Å². The molecule has 0 atom stereocenters. The number of nitrogens with two attached hydrogens (primary N) is 1. The Morgan fingerprint density at radius 3 is 2.73 bits per heavy atom. The molecule has 0 bridgehead atoms. The van der Waals surface area contributed by atoms with E-state index in [0.29, 0.717) is 45.0 Å². The quantitative estimate of drug-likeness (QED) is 0.525. The highest BCUT2D eigenvalue weighted by molar-refractivity contribution is 6.09. The number of halogens is 2. The molecule has 2 aromatic rings. The Labute approximate surface area is 214 Å². The van der Waals surface area contributed by atoms with Gasteiger partial charge < -0.3 is 31.0 Å². The van der Waals surface area contributed by atoms with E-state index in [1.54, 1.807) is 18.0 Å². The number of carbonyl (C=O) groups is 1. The smallest absolute Gasteiger partial charge is 0.317 e. The molecule has 37 heavy (non-hydrogen) atoms. The number of hydrogen-bond acceptors (Lipinski definition) is 6. The van der Waals surface area contributed by atoms with Crippen LogP contribution in [0.4, 0.5) is 25.1 Å². The van der Waals surface area contributed by atoms with Gasteiger partial charge in [-0.05, 0) is 48.9 Å². The van der Waals surface area contributed by atoms with Gasteiger partial charge in [0.1, 0.15) is 0 Å². The maximum absolute atomic E-state index is 14.2. The zero-order valence-corrected chi connectivity index (χ0v) is 21.0. The number of fused-ring (bicyclic) bond motifs is 2. The topological polar surface area (TPSA) is 113 Å². The second kappa shape index (κ2) is 10.5. The van der Waals surface area contributed by atoms with Gasteiger partial charge in [0.15, 0.2) is 5.82 Å². The summed E-state index contributed by atoms with van der Waals surface area (Å²) in [5.74, 6) is 0.727. The summed E-state index contributed by atoms with van der Waals surface area (Å²) in [6.45, 7) is 2.99. The molecule has 198 valence electrons. The first kappa shape index (κ1) is 25.2. The van der Waals surface area contributed by atoms with E-state index in [0.717, 1.165) is 54.5 Å². The highest BCUT2D eigenvalue weighted by atomic mass is 19.3. The van der Waals surface area contributed by atoms with Crippen molar-refractivity contribution < 1.29 is 18.3 Å². The fraction of sp³-hybridized carbons (Fsp3) is 0.500. The third kappa shape index (κ3) is 4.56. The van der Waals surface area contributed by atoms with E-state index in [1.165, 1.54) is 12.3 Å². The Hall–Kier alpha value is -3.47. The molecule has 0 unspecified atom stereocenters. The normalized spacial score (nSPS) is 18.5. The Balaban J connectivity index is 1.63. The number of allylic oxidation sites excluding steroid dienone is 1. The van der Waals surface area contributed by atoms with Crippen molar-refractivity contribution in [1.82, 2.24) is 20.0 Å². The van der Waals surface area contributed by atoms with Gasteiger partial charge in [0, 0.05) is 80.3 Å². The molecule has 3 aliphatic rings. The van der Waals surface area contributed by atoms with Crippen LogP contribution in [0.3, 0.4) is 0 Å². The van der Waals surface area contributed by atoms with Gasteiger partial charge in [-0.15, -0.1) is 0 Å². The van der Waals surface area contributed by atoms with E-state index in [2.05, 4.69) is 10.00 Å². The lowest BCUT2D eigenvalue weighted by atomic mass is 9.92. The molecule has 1 saturated heterocycles. The fourth-order valence-electron chi connectivity index (χ4n) is 5.72. The predicted molar refractivity (Wildman–Crippen MR) is 138 cm³/mol. The van der Waals surface area contributed by atoms with Crippen LogP contribution in [0.1, 0.15) is 59.7 Å². The van der Waals surface area contributed by atoms with Crippen LogP contribution in [0.15, 0.2) is 18.3 Å². The van der Waals surface area contributed by atoms with E-state index in [1.807, 2.05) is 4.90 Å². The lowest BCUT2D eigenvalue weighted by Crippen LogP contribution is -2.42. The number of benzene rings is 1. The molecule has 4 N–H and O–H groups in total. The molecule has 11 heteroatoms. The number of alkyl halides is 2. The molecule has 0 radical (unpaired) electrons. The first-order chi connectivity index (χ1) is 18.0. The average molecular weight is 514 g/mol. The molecular weight excluding hydrogens is 480 g/mol. The van der Waals surface area contributed by atoms with Crippen LogP contribution in [0, 0.1) is 5.41 Å². The van der Waals surface area contributed by atoms with Crippen molar-refractivity contribution in [3.8, 4) is 0 Å². The van der Waals surface area contributed by atoms with Crippen LogP contribution >= 0.6 is 0 Å². The lowest BCUT2D eigenvalue weighted by Gasteiger charge is -2.33. The van der Waals surface area contributed by atoms with Crippen LogP contribution in [0.2, 0.25) is 0 Å². The van der Waals surface area contributed by atoms with Crippen molar-refractivity contribution >= 4 is 29.3 Å². The molecule has 0 spiro atoms. The molecular formula is C26H33F2N7O2. The van der Waals surface area contributed by atoms with Crippen molar-refractivity contribution in [2.45, 2.75) is 51.1 Å². The zero-order valence-electron chi connectivity index (χ0n) is 21.0. The van der Waals surface area contributed by atoms with Gasteiger partial charge in [-0.1, -0.05) is 0 Å². The van der Waals surface area contributed by atoms with Crippen molar-refractivity contribution in [3.05, 3.63) is 46.3 Å². The van der Waals surface area contributed by atoms with Crippen molar-refractivity contribution in [2.24, 2.45) is 5.73 Å². The Morgan fingerprint density at radius 2 is 2.05 bits per heavy atom. The third-order valence-electron chi connectivity index (χ3n) is 7.61. The largest absolute Gasteiger partial charge is 0.404 e. The van der Waals surface area contributed by atoms with Gasteiger partial charge in [0.25, 0.3) is 6.43 Å². The fourth-order valence-corrected chi connectivity index (χ4v) is 5.72. The molecule has 0 saturated carbocycles. The number of carbonyl (C=O) groups excluding carboxylic acids is 1. The molecule has 1 fully saturated rings. The SMILES string of the molecule is CNC(=O)N1CCc2c(c(N3CCCc4cc(/C(C=N)=C/N)c(C(F)F)cc43)nn2C2CCOCC2)C1. The van der Waals surface area contributed by atoms with E-state index >= 15 is 0 Å². The van der Waals surface area contributed by atoms with Crippen molar-refractivity contribution in [2.75, 3.05) is 38.3 Å². The number of ether oxygens (including phenoxy) is 1. The summed E-state index contributed by atoms with van der Waals surface area (Å²) >= 11 is 0. The molecule has 4 heterocycles. The van der Waals surface area contributed by atoms with Crippen LogP contribution in [-0.4, -0.2) is 60.3 Å². The summed E-state index contributed by atoms with van der Waals surface area (Å²) < 4.78 is 36.1. The first-order valence-corrected chi connectivity index (χ1v) is 12.8. The maximum Gasteiger partial charge on any atom is 0.317 e. The van der Waals surface area contributed by atoms with Gasteiger partial charge in [0.2, 0.25) is 0 Å². The second-order valence-corrected chi connectivity index (χ2v) is 9.65. The van der Waals surface area contributed by atoms with Crippen LogP contribution < -0.4 is 16.0 Å². The lowest BCUT2D eigenvalue weighted by molar-refractivity contribution is 0.0651. The monoisotopic (exact) mass is 513 g/mol. The summed E-state index contributed by atoms with van der Waals surface area (Å²) in [6.07, 6.45) is 3.43. The Kier molecular flexibility index (Phi) is 7.14. The number of nitrogens with zero attached hydrogens (tertiary/aromatic N) is 4. The zero-order chi connectivity index (χ0) is 26.1. The molecule has 0 aliphatic carbocycles. The summed E-state index contributed by atoms with van der Waals surface area (Å²) in [5, 5.41) is 15.4. The number of amides is 2. The Bertz CT molecular complexity index is 1220. The highest BCUT2D eigenvalue weighted by Crippen LogP contribution is 2.42. The first-order valence-electron chi connectivity index (χ1n) is 12.8.